The Kier molecular flexibility index (Phi) is 9.99. The zero-order valence-corrected chi connectivity index (χ0v) is 26.1. The zero-order valence-electron chi connectivity index (χ0n) is 25.2. The predicted octanol–water partition coefficient (Wildman–Crippen LogP) is 6.47. The van der Waals surface area contributed by atoms with Gasteiger partial charge in [0, 0.05) is 18.6 Å². The highest BCUT2D eigenvalue weighted by Crippen LogP contribution is 2.69. The zero-order chi connectivity index (χ0) is 27.7. The average Bonchev–Trinajstić information content (AvgIpc) is 3.22. The first kappa shape index (κ1) is 30.7. The van der Waals surface area contributed by atoms with E-state index >= 15 is 0 Å². The molecule has 0 saturated heterocycles. The van der Waals surface area contributed by atoms with Crippen LogP contribution < -0.4 is 0 Å². The van der Waals surface area contributed by atoms with Crippen LogP contribution in [0.25, 0.3) is 0 Å². The van der Waals surface area contributed by atoms with Crippen molar-refractivity contribution < 1.29 is 26.8 Å². The molecule has 0 unspecified atom stereocenters. The van der Waals surface area contributed by atoms with Gasteiger partial charge >= 0.3 is 0 Å². The van der Waals surface area contributed by atoms with Crippen LogP contribution in [0.1, 0.15) is 99.3 Å². The second kappa shape index (κ2) is 12.3. The fourth-order valence-electron chi connectivity index (χ4n) is 9.72. The Balaban J connectivity index is 1.65. The minimum atomic E-state index is -3.47. The van der Waals surface area contributed by atoms with Crippen molar-refractivity contribution in [1.82, 2.24) is 0 Å². The minimum absolute atomic E-state index is 0.0929. The van der Waals surface area contributed by atoms with Gasteiger partial charge in [0.2, 0.25) is 0 Å². The number of hydrogen-bond acceptors (Lipinski definition) is 6. The third-order valence-electron chi connectivity index (χ3n) is 11.4. The summed E-state index contributed by atoms with van der Waals surface area (Å²) in [6, 6.07) is 0. The van der Waals surface area contributed by atoms with E-state index in [2.05, 4.69) is 41.5 Å². The summed E-state index contributed by atoms with van der Waals surface area (Å²) in [7, 11) is -3.47. The smallest absolute Gasteiger partial charge is 0.264 e. The summed E-state index contributed by atoms with van der Waals surface area (Å²) in [4.78, 5) is 0. The van der Waals surface area contributed by atoms with Crippen molar-refractivity contribution in [2.24, 2.45) is 46.3 Å². The SMILES string of the molecule is CCCO[C@@H]1CC[C@@]2(C)[C@@H](C1)C[C@@H](OCCOS(C)(=O)=O)[C@@H]1[C@@H]2C[C@H](OCCC)[C@]2(C)[C@@H](C(C)C)CC[C@@H]12. The fraction of sp³-hybridized carbons (Fsp3) is 1.00. The van der Waals surface area contributed by atoms with Gasteiger partial charge in [-0.3, -0.25) is 4.18 Å². The average molecular weight is 557 g/mol. The summed E-state index contributed by atoms with van der Waals surface area (Å²) in [6.07, 6.45) is 12.2. The van der Waals surface area contributed by atoms with E-state index in [1.165, 1.54) is 19.3 Å². The molecule has 0 N–H and O–H groups in total. The van der Waals surface area contributed by atoms with Crippen LogP contribution in [0.4, 0.5) is 0 Å². The fourth-order valence-corrected chi connectivity index (χ4v) is 10.1. The molecule has 10 atom stereocenters. The van der Waals surface area contributed by atoms with Gasteiger partial charge in [-0.1, -0.05) is 41.5 Å². The Morgan fingerprint density at radius 3 is 2.21 bits per heavy atom. The molecule has 0 aliphatic heterocycles. The maximum absolute atomic E-state index is 11.6. The molecule has 0 bridgehead atoms. The highest BCUT2D eigenvalue weighted by atomic mass is 32.2. The van der Waals surface area contributed by atoms with Crippen molar-refractivity contribution in [3.8, 4) is 0 Å². The molecule has 4 rings (SSSR count). The Labute approximate surface area is 233 Å². The molecule has 6 nitrogen and oxygen atoms in total. The van der Waals surface area contributed by atoms with Crippen molar-refractivity contribution in [2.75, 3.05) is 32.7 Å². The van der Waals surface area contributed by atoms with Crippen molar-refractivity contribution in [2.45, 2.75) is 118 Å². The third-order valence-corrected chi connectivity index (χ3v) is 11.9. The third kappa shape index (κ3) is 6.03. The minimum Gasteiger partial charge on any atom is -0.378 e. The van der Waals surface area contributed by atoms with Crippen LogP contribution in [0.3, 0.4) is 0 Å². The van der Waals surface area contributed by atoms with Crippen LogP contribution in [0.5, 0.6) is 0 Å². The molecular weight excluding hydrogens is 500 g/mol. The number of rotatable bonds is 12. The van der Waals surface area contributed by atoms with Gasteiger partial charge < -0.3 is 14.2 Å². The lowest BCUT2D eigenvalue weighted by Gasteiger charge is -2.64. The first-order valence-electron chi connectivity index (χ1n) is 15.6. The maximum Gasteiger partial charge on any atom is 0.264 e. The molecule has 0 aromatic heterocycles. The lowest BCUT2D eigenvalue weighted by molar-refractivity contribution is -0.227. The molecule has 4 aliphatic carbocycles. The number of fused-ring (bicyclic) bond motifs is 5. The van der Waals surface area contributed by atoms with E-state index in [4.69, 9.17) is 18.4 Å². The monoisotopic (exact) mass is 556 g/mol. The molecular formula is C31H56O6S. The second-order valence-corrected chi connectivity index (χ2v) is 15.5. The van der Waals surface area contributed by atoms with Gasteiger partial charge in [0.05, 0.1) is 37.8 Å². The van der Waals surface area contributed by atoms with Crippen LogP contribution in [-0.2, 0) is 28.5 Å². The number of ether oxygens (including phenoxy) is 3. The van der Waals surface area contributed by atoms with Gasteiger partial charge in [0.15, 0.2) is 0 Å². The van der Waals surface area contributed by atoms with E-state index in [1.807, 2.05) is 0 Å². The topological polar surface area (TPSA) is 71.1 Å². The van der Waals surface area contributed by atoms with Gasteiger partial charge in [-0.2, -0.15) is 8.42 Å². The molecule has 0 aromatic rings. The lowest BCUT2D eigenvalue weighted by atomic mass is 9.43. The molecule has 0 spiro atoms. The van der Waals surface area contributed by atoms with Crippen LogP contribution in [0.15, 0.2) is 0 Å². The Hall–Kier alpha value is -0.210. The van der Waals surface area contributed by atoms with E-state index < -0.39 is 10.1 Å². The van der Waals surface area contributed by atoms with Crippen molar-refractivity contribution in [3.63, 3.8) is 0 Å². The molecule has 4 aliphatic rings. The van der Waals surface area contributed by atoms with Crippen LogP contribution in [0, 0.1) is 46.3 Å². The molecule has 4 saturated carbocycles. The molecule has 38 heavy (non-hydrogen) atoms. The Morgan fingerprint density at radius 2 is 1.55 bits per heavy atom. The summed E-state index contributed by atoms with van der Waals surface area (Å²) >= 11 is 0. The van der Waals surface area contributed by atoms with Gasteiger partial charge in [-0.15, -0.1) is 0 Å². The number of hydrogen-bond donors (Lipinski definition) is 0. The van der Waals surface area contributed by atoms with Crippen LogP contribution in [0.2, 0.25) is 0 Å². The predicted molar refractivity (Wildman–Crippen MR) is 151 cm³/mol. The molecule has 0 heterocycles. The Bertz CT molecular complexity index is 876. The quantitative estimate of drug-likeness (QED) is 0.203. The van der Waals surface area contributed by atoms with E-state index in [0.29, 0.717) is 54.3 Å². The van der Waals surface area contributed by atoms with E-state index in [0.717, 1.165) is 58.0 Å². The lowest BCUT2D eigenvalue weighted by Crippen LogP contribution is -2.63. The van der Waals surface area contributed by atoms with Gasteiger partial charge in [-0.05, 0) is 98.7 Å². The summed E-state index contributed by atoms with van der Waals surface area (Å²) < 4.78 is 47.9. The summed E-state index contributed by atoms with van der Waals surface area (Å²) in [5.41, 5.74) is 0.422. The first-order valence-corrected chi connectivity index (χ1v) is 17.5. The van der Waals surface area contributed by atoms with E-state index in [-0.39, 0.29) is 23.5 Å². The summed E-state index contributed by atoms with van der Waals surface area (Å²) in [5, 5.41) is 0. The van der Waals surface area contributed by atoms with Crippen LogP contribution >= 0.6 is 0 Å². The largest absolute Gasteiger partial charge is 0.378 e. The van der Waals surface area contributed by atoms with Crippen molar-refractivity contribution >= 4 is 10.1 Å². The molecule has 0 amide bonds. The second-order valence-electron chi connectivity index (χ2n) is 13.8. The van der Waals surface area contributed by atoms with Gasteiger partial charge in [-0.25, -0.2) is 0 Å². The summed E-state index contributed by atoms with van der Waals surface area (Å²) in [6.45, 7) is 16.4. The molecule has 222 valence electrons. The highest BCUT2D eigenvalue weighted by molar-refractivity contribution is 7.85. The first-order chi connectivity index (χ1) is 18.0. The van der Waals surface area contributed by atoms with Crippen LogP contribution in [-0.4, -0.2) is 59.4 Å². The van der Waals surface area contributed by atoms with Crippen molar-refractivity contribution in [1.29, 1.82) is 0 Å². The Morgan fingerprint density at radius 1 is 0.842 bits per heavy atom. The highest BCUT2D eigenvalue weighted by Gasteiger charge is 2.66. The van der Waals surface area contributed by atoms with E-state index in [1.54, 1.807) is 0 Å². The van der Waals surface area contributed by atoms with E-state index in [9.17, 15) is 8.42 Å². The normalized spacial score (nSPS) is 43.1. The van der Waals surface area contributed by atoms with Crippen molar-refractivity contribution in [3.05, 3.63) is 0 Å². The van der Waals surface area contributed by atoms with Gasteiger partial charge in [0.25, 0.3) is 10.1 Å². The molecule has 4 fully saturated rings. The molecule has 7 heteroatoms. The maximum atomic E-state index is 11.6. The standard InChI is InChI=1S/C31H56O6S/c1-8-14-34-23-12-13-30(5)22(18-23)19-27(35-16-17-37-38(7,32)33)29-25-11-10-24(21(3)4)31(25,6)28(20-26(29)30)36-15-9-2/h21-29H,8-20H2,1-7H3/t22-,23+,24+,25-,26-,27+,28-,29-,30-,31+/m0/s1. The molecule has 0 aromatic carbocycles. The summed E-state index contributed by atoms with van der Waals surface area (Å²) in [5.74, 6) is 3.46. The molecule has 0 radical (unpaired) electrons. The van der Waals surface area contributed by atoms with Gasteiger partial charge in [0.1, 0.15) is 0 Å².